The third-order valence-electron chi connectivity index (χ3n) is 10.5. The Labute approximate surface area is 364 Å². The Hall–Kier alpha value is -1.58. The molecule has 0 aromatic rings. The fourth-order valence-corrected chi connectivity index (χ4v) is 8.58. The summed E-state index contributed by atoms with van der Waals surface area (Å²) in [6.45, 7) is 0.936. The van der Waals surface area contributed by atoms with E-state index in [1.165, 1.54) is 45.1 Å². The molecule has 0 radical (unpaired) electrons. The first-order valence-corrected chi connectivity index (χ1v) is 25.1. The average Bonchev–Trinajstić information content (AvgIpc) is 3.46. The van der Waals surface area contributed by atoms with Gasteiger partial charge < -0.3 is 47.8 Å². The highest BCUT2D eigenvalue weighted by Crippen LogP contribution is 2.46. The molecular formula is C41H77N2O16PS. The van der Waals surface area contributed by atoms with Crippen molar-refractivity contribution in [3.8, 4) is 0 Å². The molecule has 2 rings (SSSR count). The zero-order chi connectivity index (χ0) is 45.2. The van der Waals surface area contributed by atoms with Crippen LogP contribution in [0.3, 0.4) is 0 Å². The van der Waals surface area contributed by atoms with Crippen molar-refractivity contribution in [2.75, 3.05) is 67.3 Å². The van der Waals surface area contributed by atoms with Crippen molar-refractivity contribution in [3.05, 3.63) is 12.2 Å². The van der Waals surface area contributed by atoms with Gasteiger partial charge in [0.25, 0.3) is 0 Å². The monoisotopic (exact) mass is 916 g/mol. The number of nitrogens with one attached hydrogen (secondary N) is 1. The minimum Gasteiger partial charge on any atom is -0.735 e. The fraction of sp³-hybridized carbons (Fsp3) is 0.902. The van der Waals surface area contributed by atoms with Crippen LogP contribution in [0.15, 0.2) is 12.2 Å². The number of fused-ring (bicyclic) bond motifs is 2. The van der Waals surface area contributed by atoms with Gasteiger partial charge in [0.1, 0.15) is 25.9 Å². The van der Waals surface area contributed by atoms with Crippen LogP contribution < -0.4 is 4.72 Å². The largest absolute Gasteiger partial charge is 0.735 e. The number of allylic oxidation sites excluding steroid dienone is 1. The Morgan fingerprint density at radius 1 is 0.885 bits per heavy atom. The molecule has 0 amide bonds. The van der Waals surface area contributed by atoms with Crippen LogP contribution in [0.25, 0.3) is 0 Å². The van der Waals surface area contributed by atoms with E-state index < -0.39 is 68.0 Å². The molecule has 18 nitrogen and oxygen atoms in total. The van der Waals surface area contributed by atoms with Gasteiger partial charge in [-0.05, 0) is 44.9 Å². The Bertz CT molecular complexity index is 1420. The van der Waals surface area contributed by atoms with E-state index in [2.05, 4.69) is 0 Å². The van der Waals surface area contributed by atoms with Gasteiger partial charge >= 0.3 is 19.8 Å². The molecule has 0 aromatic heterocycles. The van der Waals surface area contributed by atoms with Crippen LogP contribution in [-0.2, 0) is 57.2 Å². The molecule has 2 saturated heterocycles. The summed E-state index contributed by atoms with van der Waals surface area (Å²) in [5, 5.41) is 19.1. The normalized spacial score (nSPS) is 22.6. The molecule has 7 atom stereocenters. The van der Waals surface area contributed by atoms with Crippen molar-refractivity contribution in [3.63, 3.8) is 0 Å². The highest BCUT2D eigenvalue weighted by molar-refractivity contribution is 7.83. The number of hydrogen-bond donors (Lipinski definition) is 4. The minimum atomic E-state index is -4.62. The molecule has 0 aliphatic carbocycles. The van der Waals surface area contributed by atoms with Crippen molar-refractivity contribution in [1.29, 1.82) is 0 Å². The van der Waals surface area contributed by atoms with E-state index in [0.717, 1.165) is 77.0 Å². The Balaban J connectivity index is 1.55. The number of esters is 2. The first-order valence-electron chi connectivity index (χ1n) is 22.2. The van der Waals surface area contributed by atoms with Crippen molar-refractivity contribution >= 4 is 30.1 Å². The number of phosphoric ester groups is 1. The summed E-state index contributed by atoms with van der Waals surface area (Å²) in [5.74, 6) is -1.86. The third kappa shape index (κ3) is 26.7. The van der Waals surface area contributed by atoms with E-state index in [1.807, 2.05) is 21.1 Å². The standard InChI is InChI=1S/C41H77N2O16PS/c1-34(45)57-39-25-24-38-37(22-18-14-13-15-19-23-40(47)54-32-36(46)33-56-60(48,49)55-29-27-43(2,3)4)58-41(39,59-38)26-20-16-11-9-7-5-6-8-10-12-17-21-28-53-31-35(30-44)42-61(50,51)52/h19,23,35-39,42,44,46H,5-18,20-22,24-33H2,1-4H3,(H-,48,49,50,51,52)/b23-19+/t35?,36?,37-,38+,39+,41+/m1/s1. The van der Waals surface area contributed by atoms with Crippen molar-refractivity contribution < 1.29 is 79.4 Å². The maximum Gasteiger partial charge on any atom is 0.472 e. The van der Waals surface area contributed by atoms with E-state index in [4.69, 9.17) is 37.8 Å². The molecule has 2 bridgehead atoms. The third-order valence-corrected chi connectivity index (χ3v) is 12.1. The second-order valence-electron chi connectivity index (χ2n) is 17.3. The van der Waals surface area contributed by atoms with Gasteiger partial charge in [-0.15, -0.1) is 0 Å². The lowest BCUT2D eigenvalue weighted by atomic mass is 9.93. The van der Waals surface area contributed by atoms with Crippen LogP contribution in [0.1, 0.15) is 135 Å². The molecule has 61 heavy (non-hydrogen) atoms. The predicted octanol–water partition coefficient (Wildman–Crippen LogP) is 4.94. The molecule has 4 N–H and O–H groups in total. The van der Waals surface area contributed by atoms with E-state index in [-0.39, 0.29) is 31.4 Å². The van der Waals surface area contributed by atoms with Gasteiger partial charge in [-0.25, -0.2) is 22.5 Å². The minimum absolute atomic E-state index is 0.00714. The number of phosphoric acid groups is 1. The molecule has 0 saturated carbocycles. The zero-order valence-electron chi connectivity index (χ0n) is 37.1. The number of ether oxygens (including phenoxy) is 5. The molecule has 2 aliphatic heterocycles. The second kappa shape index (κ2) is 29.8. The Kier molecular flexibility index (Phi) is 27.1. The number of hydrogen-bond acceptors (Lipinski definition) is 15. The highest BCUT2D eigenvalue weighted by Gasteiger charge is 2.56. The van der Waals surface area contributed by atoms with Crippen molar-refractivity contribution in [2.45, 2.75) is 172 Å². The quantitative estimate of drug-likeness (QED) is 0.0161. The Morgan fingerprint density at radius 2 is 1.51 bits per heavy atom. The SMILES string of the molecule is CC(=O)O[C@H]1CC[C@@H]2O[C@]1(CCCCCCCCCCCCCCOCC(CO)NS(=O)(=O)[O-])O[C@@H]2CCCCC/C=C/C(=O)OCC(O)COP(=O)(O)OCC[N+](C)(C)C. The topological polar surface area (TPSA) is 246 Å². The van der Waals surface area contributed by atoms with Gasteiger partial charge in [0.05, 0.1) is 59.2 Å². The number of carbonyl (C=O) groups excluding carboxylic acids is 2. The van der Waals surface area contributed by atoms with Gasteiger partial charge in [0, 0.05) is 26.0 Å². The zero-order valence-corrected chi connectivity index (χ0v) is 38.8. The number of unbranched alkanes of at least 4 members (excludes halogenated alkanes) is 14. The summed E-state index contributed by atoms with van der Waals surface area (Å²) >= 11 is 0. The summed E-state index contributed by atoms with van der Waals surface area (Å²) < 4.78 is 85.4. The summed E-state index contributed by atoms with van der Waals surface area (Å²) in [7, 11) is -3.22. The van der Waals surface area contributed by atoms with E-state index in [9.17, 15) is 37.1 Å². The van der Waals surface area contributed by atoms with Crippen LogP contribution in [0.4, 0.5) is 0 Å². The summed E-state index contributed by atoms with van der Waals surface area (Å²) in [5.41, 5.74) is 0. The molecule has 20 heteroatoms. The molecule has 358 valence electrons. The van der Waals surface area contributed by atoms with Crippen LogP contribution in [0, 0.1) is 0 Å². The van der Waals surface area contributed by atoms with E-state index in [0.29, 0.717) is 36.9 Å². The van der Waals surface area contributed by atoms with Gasteiger partial charge in [0.15, 0.2) is 16.4 Å². The Morgan fingerprint density at radius 3 is 2.11 bits per heavy atom. The molecule has 2 heterocycles. The van der Waals surface area contributed by atoms with Gasteiger partial charge in [-0.2, -0.15) is 0 Å². The van der Waals surface area contributed by atoms with Gasteiger partial charge in [-0.1, -0.05) is 83.1 Å². The van der Waals surface area contributed by atoms with Crippen LogP contribution in [0.2, 0.25) is 0 Å². The second-order valence-corrected chi connectivity index (χ2v) is 19.9. The lowest BCUT2D eigenvalue weighted by Crippen LogP contribution is -2.49. The highest BCUT2D eigenvalue weighted by atomic mass is 32.2. The first-order chi connectivity index (χ1) is 28.8. The molecule has 0 spiro atoms. The maximum absolute atomic E-state index is 12.1. The molecule has 3 unspecified atom stereocenters. The summed E-state index contributed by atoms with van der Waals surface area (Å²) in [4.78, 5) is 33.8. The number of likely N-dealkylation sites (N-methyl/N-ethyl adjacent to an activating group) is 1. The van der Waals surface area contributed by atoms with Crippen LogP contribution in [-0.4, -0.2) is 148 Å². The van der Waals surface area contributed by atoms with E-state index >= 15 is 0 Å². The number of quaternary nitrogens is 1. The number of aliphatic hydroxyl groups is 2. The smallest absolute Gasteiger partial charge is 0.472 e. The summed E-state index contributed by atoms with van der Waals surface area (Å²) in [6, 6.07) is -0.918. The predicted molar refractivity (Wildman–Crippen MR) is 226 cm³/mol. The van der Waals surface area contributed by atoms with Crippen LogP contribution in [0.5, 0.6) is 0 Å². The number of rotatable bonds is 37. The van der Waals surface area contributed by atoms with Crippen LogP contribution >= 0.6 is 7.82 Å². The molecule has 2 aliphatic rings. The van der Waals surface area contributed by atoms with Crippen molar-refractivity contribution in [1.82, 2.24) is 4.72 Å². The van der Waals surface area contributed by atoms with Gasteiger partial charge in [0.2, 0.25) is 5.79 Å². The first kappa shape index (κ1) is 55.6. The fourth-order valence-electron chi connectivity index (χ4n) is 7.28. The maximum atomic E-state index is 12.1. The average molecular weight is 917 g/mol. The van der Waals surface area contributed by atoms with Gasteiger partial charge in [-0.3, -0.25) is 13.8 Å². The van der Waals surface area contributed by atoms with Crippen molar-refractivity contribution in [2.24, 2.45) is 0 Å². The number of carbonyl (C=O) groups is 2. The number of aliphatic hydroxyl groups excluding tert-OH is 2. The molecule has 0 aromatic carbocycles. The molecule has 2 fully saturated rings. The van der Waals surface area contributed by atoms with E-state index in [1.54, 1.807) is 10.8 Å². The lowest BCUT2D eigenvalue weighted by Gasteiger charge is -2.38. The number of nitrogens with zero attached hydrogens (tertiary/aromatic N) is 1. The molecular weight excluding hydrogens is 839 g/mol. The summed E-state index contributed by atoms with van der Waals surface area (Å²) in [6.07, 6.45) is 20.7. The lowest BCUT2D eigenvalue weighted by molar-refractivity contribution is -0.870.